The molecule has 2 rings (SSSR count). The highest BCUT2D eigenvalue weighted by molar-refractivity contribution is 9.10. The number of hydrogen-bond donors (Lipinski definition) is 2. The molecule has 0 atom stereocenters. The first-order valence-corrected chi connectivity index (χ1v) is 6.82. The lowest BCUT2D eigenvalue weighted by atomic mass is 10.2. The molecular formula is C13H11BrN2OS. The van der Waals surface area contributed by atoms with Crippen molar-refractivity contribution in [1.82, 2.24) is 0 Å². The van der Waals surface area contributed by atoms with Crippen LogP contribution in [-0.4, -0.2) is 11.0 Å². The minimum Gasteiger partial charge on any atom is -0.409 e. The first kappa shape index (κ1) is 13.0. The van der Waals surface area contributed by atoms with Gasteiger partial charge in [-0.1, -0.05) is 35.1 Å². The number of amidine groups is 1. The molecule has 0 amide bonds. The molecule has 3 N–H and O–H groups in total. The van der Waals surface area contributed by atoms with Crippen molar-refractivity contribution in [1.29, 1.82) is 0 Å². The molecule has 0 aliphatic heterocycles. The van der Waals surface area contributed by atoms with Gasteiger partial charge >= 0.3 is 0 Å². The van der Waals surface area contributed by atoms with Crippen LogP contribution in [0.4, 0.5) is 0 Å². The van der Waals surface area contributed by atoms with Crippen LogP contribution in [0.1, 0.15) is 5.56 Å². The lowest BCUT2D eigenvalue weighted by Gasteiger charge is -2.06. The molecule has 3 nitrogen and oxygen atoms in total. The van der Waals surface area contributed by atoms with Crippen molar-refractivity contribution < 1.29 is 5.21 Å². The van der Waals surface area contributed by atoms with Crippen LogP contribution in [0.2, 0.25) is 0 Å². The van der Waals surface area contributed by atoms with Gasteiger partial charge in [0.05, 0.1) is 0 Å². The molecule has 0 aliphatic carbocycles. The maximum absolute atomic E-state index is 8.65. The summed E-state index contributed by atoms with van der Waals surface area (Å²) in [7, 11) is 0. The van der Waals surface area contributed by atoms with Gasteiger partial charge in [-0.25, -0.2) is 0 Å². The summed E-state index contributed by atoms with van der Waals surface area (Å²) in [6.45, 7) is 0. The molecule has 0 saturated heterocycles. The molecule has 18 heavy (non-hydrogen) atoms. The third kappa shape index (κ3) is 3.05. The average molecular weight is 323 g/mol. The smallest absolute Gasteiger partial charge is 0.171 e. The van der Waals surface area contributed by atoms with Crippen LogP contribution in [0, 0.1) is 0 Å². The Kier molecular flexibility index (Phi) is 4.28. The normalized spacial score (nSPS) is 11.5. The van der Waals surface area contributed by atoms with E-state index in [1.54, 1.807) is 11.8 Å². The van der Waals surface area contributed by atoms with Crippen molar-refractivity contribution in [2.45, 2.75) is 9.79 Å². The second-order valence-electron chi connectivity index (χ2n) is 3.54. The summed E-state index contributed by atoms with van der Waals surface area (Å²) in [5.41, 5.74) is 6.24. The van der Waals surface area contributed by atoms with Crippen molar-refractivity contribution >= 4 is 33.5 Å². The number of halogens is 1. The van der Waals surface area contributed by atoms with Gasteiger partial charge in [0.1, 0.15) is 0 Å². The molecule has 0 unspecified atom stereocenters. The zero-order valence-corrected chi connectivity index (χ0v) is 11.8. The molecule has 2 aromatic rings. The predicted molar refractivity (Wildman–Crippen MR) is 77.2 cm³/mol. The highest BCUT2D eigenvalue weighted by Crippen LogP contribution is 2.30. The second-order valence-corrected chi connectivity index (χ2v) is 5.54. The van der Waals surface area contributed by atoms with E-state index in [0.29, 0.717) is 5.56 Å². The van der Waals surface area contributed by atoms with E-state index >= 15 is 0 Å². The number of nitrogens with zero attached hydrogens (tertiary/aromatic N) is 1. The third-order valence-corrected chi connectivity index (χ3v) is 3.96. The number of benzene rings is 2. The lowest BCUT2D eigenvalue weighted by molar-refractivity contribution is 0.318. The standard InChI is InChI=1S/C13H11BrN2OS/c14-12-8-10(6-7-11(12)13(15)16-17)18-9-4-2-1-3-5-9/h1-8,17H,(H2,15,16). The Morgan fingerprint density at radius 1 is 1.11 bits per heavy atom. The monoisotopic (exact) mass is 322 g/mol. The number of oxime groups is 1. The highest BCUT2D eigenvalue weighted by Gasteiger charge is 2.06. The topological polar surface area (TPSA) is 58.6 Å². The summed E-state index contributed by atoms with van der Waals surface area (Å²) < 4.78 is 0.804. The zero-order chi connectivity index (χ0) is 13.0. The number of rotatable bonds is 3. The Morgan fingerprint density at radius 3 is 2.44 bits per heavy atom. The predicted octanol–water partition coefficient (Wildman–Crippen LogP) is 3.69. The van der Waals surface area contributed by atoms with Crippen molar-refractivity contribution in [3.63, 3.8) is 0 Å². The Hall–Kier alpha value is -1.46. The molecule has 0 heterocycles. The van der Waals surface area contributed by atoms with Crippen LogP contribution in [0.15, 0.2) is 68.0 Å². The second kappa shape index (κ2) is 5.93. The van der Waals surface area contributed by atoms with E-state index in [1.165, 1.54) is 4.90 Å². The summed E-state index contributed by atoms with van der Waals surface area (Å²) in [6.07, 6.45) is 0. The maximum atomic E-state index is 8.65. The molecule has 92 valence electrons. The van der Waals surface area contributed by atoms with Crippen molar-refractivity contribution in [3.8, 4) is 0 Å². The van der Waals surface area contributed by atoms with E-state index in [2.05, 4.69) is 33.2 Å². The average Bonchev–Trinajstić information content (AvgIpc) is 2.39. The van der Waals surface area contributed by atoms with Crippen LogP contribution < -0.4 is 5.73 Å². The number of nitrogens with two attached hydrogens (primary N) is 1. The van der Waals surface area contributed by atoms with Gasteiger partial charge in [-0.3, -0.25) is 0 Å². The van der Waals surface area contributed by atoms with E-state index in [0.717, 1.165) is 9.37 Å². The van der Waals surface area contributed by atoms with E-state index in [9.17, 15) is 0 Å². The molecule has 0 bridgehead atoms. The first-order valence-electron chi connectivity index (χ1n) is 5.21. The summed E-state index contributed by atoms with van der Waals surface area (Å²) in [4.78, 5) is 2.25. The summed E-state index contributed by atoms with van der Waals surface area (Å²) in [6, 6.07) is 15.8. The van der Waals surface area contributed by atoms with Gasteiger partial charge < -0.3 is 10.9 Å². The fraction of sp³-hybridized carbons (Fsp3) is 0. The molecule has 0 aliphatic rings. The van der Waals surface area contributed by atoms with E-state index in [-0.39, 0.29) is 5.84 Å². The third-order valence-electron chi connectivity index (χ3n) is 2.30. The Labute approximate surface area is 118 Å². The van der Waals surface area contributed by atoms with E-state index < -0.39 is 0 Å². The first-order chi connectivity index (χ1) is 8.70. The molecule has 0 spiro atoms. The minimum absolute atomic E-state index is 0.0955. The van der Waals surface area contributed by atoms with Gasteiger partial charge in [0.25, 0.3) is 0 Å². The Morgan fingerprint density at radius 2 is 1.83 bits per heavy atom. The molecule has 0 saturated carbocycles. The SMILES string of the molecule is N/C(=N/O)c1ccc(Sc2ccccc2)cc1Br. The van der Waals surface area contributed by atoms with E-state index in [1.807, 2.05) is 36.4 Å². The summed E-state index contributed by atoms with van der Waals surface area (Å²) >= 11 is 5.07. The van der Waals surface area contributed by atoms with Crippen molar-refractivity contribution in [2.24, 2.45) is 10.9 Å². The lowest BCUT2D eigenvalue weighted by Crippen LogP contribution is -2.13. The largest absolute Gasteiger partial charge is 0.409 e. The molecule has 0 fully saturated rings. The van der Waals surface area contributed by atoms with Crippen LogP contribution in [-0.2, 0) is 0 Å². The molecule has 0 radical (unpaired) electrons. The van der Waals surface area contributed by atoms with E-state index in [4.69, 9.17) is 10.9 Å². The summed E-state index contributed by atoms with van der Waals surface area (Å²) in [5.74, 6) is 0.0955. The minimum atomic E-state index is 0.0955. The van der Waals surface area contributed by atoms with Crippen LogP contribution in [0.5, 0.6) is 0 Å². The van der Waals surface area contributed by atoms with Gasteiger partial charge in [-0.05, 0) is 46.3 Å². The number of hydrogen-bond acceptors (Lipinski definition) is 3. The fourth-order valence-corrected chi connectivity index (χ4v) is 3.06. The van der Waals surface area contributed by atoms with Crippen LogP contribution >= 0.6 is 27.7 Å². The van der Waals surface area contributed by atoms with Gasteiger partial charge in [0, 0.05) is 19.8 Å². The van der Waals surface area contributed by atoms with Crippen LogP contribution in [0.25, 0.3) is 0 Å². The van der Waals surface area contributed by atoms with Crippen LogP contribution in [0.3, 0.4) is 0 Å². The zero-order valence-electron chi connectivity index (χ0n) is 9.38. The molecule has 0 aromatic heterocycles. The Balaban J connectivity index is 2.25. The maximum Gasteiger partial charge on any atom is 0.171 e. The fourth-order valence-electron chi connectivity index (χ4n) is 1.45. The van der Waals surface area contributed by atoms with Gasteiger partial charge in [-0.2, -0.15) is 0 Å². The Bertz CT molecular complexity index is 572. The van der Waals surface area contributed by atoms with Gasteiger partial charge in [0.2, 0.25) is 0 Å². The summed E-state index contributed by atoms with van der Waals surface area (Å²) in [5, 5.41) is 11.6. The van der Waals surface area contributed by atoms with Gasteiger partial charge in [0.15, 0.2) is 5.84 Å². The van der Waals surface area contributed by atoms with Crippen molar-refractivity contribution in [3.05, 3.63) is 58.6 Å². The van der Waals surface area contributed by atoms with Gasteiger partial charge in [-0.15, -0.1) is 0 Å². The highest BCUT2D eigenvalue weighted by atomic mass is 79.9. The molecule has 5 heteroatoms. The van der Waals surface area contributed by atoms with Crippen molar-refractivity contribution in [2.75, 3.05) is 0 Å². The quantitative estimate of drug-likeness (QED) is 0.392. The molecule has 2 aromatic carbocycles. The molecular weight excluding hydrogens is 312 g/mol.